The van der Waals surface area contributed by atoms with Crippen molar-refractivity contribution in [1.82, 2.24) is 24.6 Å². The molecule has 35 heavy (non-hydrogen) atoms. The van der Waals surface area contributed by atoms with E-state index >= 15 is 0 Å². The molecule has 0 radical (unpaired) electrons. The number of methoxy groups -OCH3 is 1. The normalized spacial score (nSPS) is 17.3. The van der Waals surface area contributed by atoms with Crippen LogP contribution < -0.4 is 11.1 Å². The van der Waals surface area contributed by atoms with Crippen LogP contribution in [0.15, 0.2) is 25.0 Å². The predicted molar refractivity (Wildman–Crippen MR) is 124 cm³/mol. The van der Waals surface area contributed by atoms with E-state index in [1.807, 2.05) is 0 Å². The van der Waals surface area contributed by atoms with E-state index in [0.29, 0.717) is 13.0 Å². The number of likely N-dealkylation sites (tertiary alicyclic amines) is 1. The lowest BCUT2D eigenvalue weighted by atomic mass is 10.1. The Hall–Kier alpha value is -4.24. The quantitative estimate of drug-likeness (QED) is 0.360. The molecule has 1 aliphatic heterocycles. The Balaban J connectivity index is 1.78. The number of halogens is 2. The molecule has 1 aliphatic rings. The number of aromatic amines is 1. The summed E-state index contributed by atoms with van der Waals surface area (Å²) in [6.07, 6.45) is 2.95. The zero-order valence-electron chi connectivity index (χ0n) is 19.1. The van der Waals surface area contributed by atoms with Gasteiger partial charge in [0.15, 0.2) is 11.5 Å². The van der Waals surface area contributed by atoms with Crippen LogP contribution in [0.1, 0.15) is 34.1 Å². The third kappa shape index (κ3) is 4.22. The Morgan fingerprint density at radius 1 is 1.43 bits per heavy atom. The molecule has 0 unspecified atom stereocenters. The van der Waals surface area contributed by atoms with Gasteiger partial charge in [0.05, 0.1) is 36.1 Å². The molecule has 4 N–H and O–H groups in total. The monoisotopic (exact) mass is 483 g/mol. The molecule has 0 aliphatic carbocycles. The number of rotatable bonds is 6. The topological polar surface area (TPSA) is 131 Å². The van der Waals surface area contributed by atoms with E-state index in [4.69, 9.17) is 10.5 Å². The van der Waals surface area contributed by atoms with Crippen molar-refractivity contribution < 1.29 is 23.1 Å². The first-order chi connectivity index (χ1) is 16.8. The Kier molecular flexibility index (Phi) is 6.52. The van der Waals surface area contributed by atoms with Crippen LogP contribution in [0.2, 0.25) is 0 Å². The number of nitrogens with two attached hydrogens (primary N) is 1. The standard InChI is InChI=1S/C23H23F2N7O3/c1-4-18(33)31-9-12(7-13(31)10-35-3)32-23(27-2)19(22(26)34)16(30-32)6-5-14-15(24)8-17-21(20(14)25)29-11-28-17/h4,8,11-13,27H,1,7,9-10H2,2-3H3,(H2,26,34)(H,28,29)/t12-,13+/m0/s1. The molecule has 1 aromatic carbocycles. The Bertz CT molecular complexity index is 1390. The van der Waals surface area contributed by atoms with Gasteiger partial charge in [-0.05, 0) is 18.4 Å². The number of primary amides is 1. The number of ether oxygens (including phenoxy) is 1. The second-order valence-corrected chi connectivity index (χ2v) is 7.92. The minimum Gasteiger partial charge on any atom is -0.383 e. The summed E-state index contributed by atoms with van der Waals surface area (Å²) in [4.78, 5) is 32.7. The molecule has 0 saturated carbocycles. The molecule has 1 saturated heterocycles. The lowest BCUT2D eigenvalue weighted by molar-refractivity contribution is -0.127. The van der Waals surface area contributed by atoms with Gasteiger partial charge in [-0.1, -0.05) is 12.5 Å². The number of hydrogen-bond acceptors (Lipinski definition) is 6. The van der Waals surface area contributed by atoms with Crippen molar-refractivity contribution in [2.24, 2.45) is 5.73 Å². The molecule has 3 aromatic rings. The number of nitrogens with zero attached hydrogens (tertiary/aromatic N) is 4. The molecule has 0 bridgehead atoms. The van der Waals surface area contributed by atoms with Gasteiger partial charge in [-0.3, -0.25) is 9.59 Å². The summed E-state index contributed by atoms with van der Waals surface area (Å²) in [5.41, 5.74) is 5.14. The molecular weight excluding hydrogens is 460 g/mol. The first-order valence-electron chi connectivity index (χ1n) is 10.7. The molecule has 4 rings (SSSR count). The highest BCUT2D eigenvalue weighted by Crippen LogP contribution is 2.32. The van der Waals surface area contributed by atoms with Gasteiger partial charge in [-0.25, -0.2) is 18.4 Å². The molecule has 2 aromatic heterocycles. The molecular formula is C23H23F2N7O3. The van der Waals surface area contributed by atoms with E-state index in [9.17, 15) is 18.4 Å². The highest BCUT2D eigenvalue weighted by molar-refractivity contribution is 6.00. The average Bonchev–Trinajstić information content (AvgIpc) is 3.55. The summed E-state index contributed by atoms with van der Waals surface area (Å²) in [6, 6.07) is 0.505. The average molecular weight is 483 g/mol. The molecule has 2 amide bonds. The zero-order chi connectivity index (χ0) is 25.3. The highest BCUT2D eigenvalue weighted by Gasteiger charge is 2.37. The van der Waals surface area contributed by atoms with Crippen molar-refractivity contribution in [1.29, 1.82) is 0 Å². The van der Waals surface area contributed by atoms with E-state index in [-0.39, 0.29) is 52.6 Å². The van der Waals surface area contributed by atoms with Gasteiger partial charge in [-0.15, -0.1) is 0 Å². The van der Waals surface area contributed by atoms with Crippen LogP contribution in [0.3, 0.4) is 0 Å². The molecule has 10 nitrogen and oxygen atoms in total. The molecule has 0 spiro atoms. The fourth-order valence-corrected chi connectivity index (χ4v) is 4.31. The number of carbonyl (C=O) groups is 2. The summed E-state index contributed by atoms with van der Waals surface area (Å²) in [7, 11) is 3.12. The first kappa shape index (κ1) is 23.9. The van der Waals surface area contributed by atoms with Crippen molar-refractivity contribution in [2.75, 3.05) is 32.6 Å². The maximum Gasteiger partial charge on any atom is 0.255 e. The van der Waals surface area contributed by atoms with Crippen LogP contribution in [0.4, 0.5) is 14.6 Å². The second-order valence-electron chi connectivity index (χ2n) is 7.92. The van der Waals surface area contributed by atoms with Crippen LogP contribution in [0.25, 0.3) is 11.0 Å². The fraction of sp³-hybridized carbons (Fsp3) is 0.304. The van der Waals surface area contributed by atoms with Crippen molar-refractivity contribution >= 4 is 28.7 Å². The van der Waals surface area contributed by atoms with Crippen LogP contribution >= 0.6 is 0 Å². The smallest absolute Gasteiger partial charge is 0.255 e. The van der Waals surface area contributed by atoms with Crippen molar-refractivity contribution in [3.63, 3.8) is 0 Å². The van der Waals surface area contributed by atoms with Crippen LogP contribution in [0, 0.1) is 23.5 Å². The minimum absolute atomic E-state index is 0.0292. The van der Waals surface area contributed by atoms with Gasteiger partial charge < -0.3 is 25.7 Å². The SMILES string of the molecule is C=CC(=O)N1C[C@@H](n2nc(C#Cc3c(F)cc4[nH]cnc4c3F)c(C(N)=O)c2NC)C[C@@H]1COC. The Morgan fingerprint density at radius 3 is 2.86 bits per heavy atom. The molecule has 3 heterocycles. The number of benzene rings is 1. The number of aromatic nitrogens is 4. The third-order valence-electron chi connectivity index (χ3n) is 5.86. The molecule has 2 atom stereocenters. The number of H-pyrrole nitrogens is 1. The number of fused-ring (bicyclic) bond motifs is 1. The van der Waals surface area contributed by atoms with E-state index in [1.54, 1.807) is 11.9 Å². The van der Waals surface area contributed by atoms with E-state index in [2.05, 4.69) is 38.8 Å². The predicted octanol–water partition coefficient (Wildman–Crippen LogP) is 1.55. The Morgan fingerprint density at radius 2 is 2.20 bits per heavy atom. The maximum atomic E-state index is 14.8. The summed E-state index contributed by atoms with van der Waals surface area (Å²) in [6.45, 7) is 4.12. The van der Waals surface area contributed by atoms with Gasteiger partial charge >= 0.3 is 0 Å². The van der Waals surface area contributed by atoms with Gasteiger partial charge in [0.25, 0.3) is 5.91 Å². The van der Waals surface area contributed by atoms with Crippen LogP contribution in [0.5, 0.6) is 0 Å². The van der Waals surface area contributed by atoms with Crippen molar-refractivity contribution in [3.05, 3.63) is 53.5 Å². The van der Waals surface area contributed by atoms with Gasteiger partial charge in [0, 0.05) is 26.8 Å². The second kappa shape index (κ2) is 9.55. The number of amides is 2. The summed E-state index contributed by atoms with van der Waals surface area (Å²) in [5.74, 6) is 2.39. The molecule has 182 valence electrons. The molecule has 1 fully saturated rings. The molecule has 12 heteroatoms. The van der Waals surface area contributed by atoms with Crippen molar-refractivity contribution in [3.8, 4) is 11.8 Å². The van der Waals surface area contributed by atoms with E-state index in [1.165, 1.54) is 24.2 Å². The van der Waals surface area contributed by atoms with Crippen molar-refractivity contribution in [2.45, 2.75) is 18.5 Å². The number of anilines is 1. The van der Waals surface area contributed by atoms with E-state index in [0.717, 1.165) is 6.07 Å². The minimum atomic E-state index is -0.931. The Labute approximate surface area is 199 Å². The number of carbonyl (C=O) groups excluding carboxylic acids is 2. The van der Waals surface area contributed by atoms with Gasteiger partial charge in [-0.2, -0.15) is 5.10 Å². The van der Waals surface area contributed by atoms with E-state index < -0.39 is 23.1 Å². The maximum absolute atomic E-state index is 14.8. The number of imidazole rings is 1. The van der Waals surface area contributed by atoms with Gasteiger partial charge in [0.1, 0.15) is 22.7 Å². The number of nitrogens with one attached hydrogen (secondary N) is 2. The summed E-state index contributed by atoms with van der Waals surface area (Å²) >= 11 is 0. The highest BCUT2D eigenvalue weighted by atomic mass is 19.1. The van der Waals surface area contributed by atoms with Gasteiger partial charge in [0.2, 0.25) is 5.91 Å². The summed E-state index contributed by atoms with van der Waals surface area (Å²) < 4.78 is 36.0. The lowest BCUT2D eigenvalue weighted by Gasteiger charge is -2.22. The van der Waals surface area contributed by atoms with Crippen LogP contribution in [-0.2, 0) is 9.53 Å². The largest absolute Gasteiger partial charge is 0.383 e. The summed E-state index contributed by atoms with van der Waals surface area (Å²) in [5, 5.41) is 7.34. The zero-order valence-corrected chi connectivity index (χ0v) is 19.1. The third-order valence-corrected chi connectivity index (χ3v) is 5.86. The first-order valence-corrected chi connectivity index (χ1v) is 10.7. The number of hydrogen-bond donors (Lipinski definition) is 3. The fourth-order valence-electron chi connectivity index (χ4n) is 4.31. The lowest BCUT2D eigenvalue weighted by Crippen LogP contribution is -2.37. The van der Waals surface area contributed by atoms with Crippen LogP contribution in [-0.4, -0.2) is 69.8 Å².